The second-order valence-corrected chi connectivity index (χ2v) is 36.8. The number of aromatic carboxylic acids is 1. The number of phenolic OH excluding ortho intramolecular Hbond substituents is 1. The van der Waals surface area contributed by atoms with Crippen molar-refractivity contribution >= 4 is 150 Å². The van der Waals surface area contributed by atoms with Crippen molar-refractivity contribution in [2.24, 2.45) is 29.6 Å². The largest absolute Gasteiger partial charge is 0.507 e. The van der Waals surface area contributed by atoms with E-state index in [1.165, 1.54) is 186 Å². The van der Waals surface area contributed by atoms with Crippen LogP contribution in [0.5, 0.6) is 5.75 Å². The SMILES string of the molecule is Cc1cc2c3c4c5c6c7c8c9c%10c%11c%12c(ccc%11cc9c(C)c7cc5cc3c1)C=CC1C3=C5C7=C9CC%11C5=c5c(cc%13c%14c(cc%15c(c5%14)C%11C5C(=C%15)C=C%11C=c%14cc%15ccc%16c(O)c%15c%15c%14c(c%14c%17c(c%18c(cc%17%15)-c%15c(c(C(=O)O)cc-2c%15C%184)CC=C%16)=C2C6C8=C(C9C2C%14)C%10C72OC%1212)C%11C5O)=CCC%13)C3C. The van der Waals surface area contributed by atoms with Crippen LogP contribution in [0.2, 0.25) is 0 Å². The maximum Gasteiger partial charge on any atom is 0.336 e. The van der Waals surface area contributed by atoms with Crippen molar-refractivity contribution in [2.45, 2.75) is 106 Å². The van der Waals surface area contributed by atoms with Crippen LogP contribution in [-0.4, -0.2) is 33.0 Å². The van der Waals surface area contributed by atoms with Gasteiger partial charge in [-0.1, -0.05) is 104 Å². The van der Waals surface area contributed by atoms with E-state index in [0.29, 0.717) is 12.0 Å². The molecule has 0 saturated carbocycles. The van der Waals surface area contributed by atoms with Gasteiger partial charge in [-0.3, -0.25) is 0 Å². The van der Waals surface area contributed by atoms with Crippen LogP contribution in [0, 0.1) is 43.4 Å². The standard InChI is InChI=1S/C101H56O5/c1-31-16-40-20-45-26-48-32(2)47-25-39-12-10-34-14-15-59-60-33(3)49-24-37-8-4-7-36-18-42-22-44-23-43-21-41-19-38-13-11-35-6-5-9-46-52(99(104)105)27-51-50(17-31)62(40)84-65(45)85-74(48)87-75(47)92-66(39)94(34)100(59)101(106-100)95-58-30-57-79(64(42)83(61(36)37)73(49)80(57)91(60)95)69(44)98(103)68(43)78-55-29-56-72(58)93(96(92)101)90(87)89(85)82(56)86-71(55)54(77(63(41)78)67(38)97(35)102)28-53-70(46)76(51)88(84)81(53)86/h5-7,10-28,33,56-57,59,68-69,72,79,88-89,96,98,102-103H,4,8-9,29-30H2,1-3H3,(H,104,105). The van der Waals surface area contributed by atoms with E-state index in [2.05, 4.69) is 154 Å². The summed E-state index contributed by atoms with van der Waals surface area (Å²) in [6.45, 7) is 7.35. The molecule has 106 heavy (non-hydrogen) atoms. The first kappa shape index (κ1) is 51.3. The number of benzene rings is 13. The Hall–Kier alpha value is -11.0. The highest BCUT2D eigenvalue weighted by Crippen LogP contribution is 2.88. The van der Waals surface area contributed by atoms with Gasteiger partial charge in [0, 0.05) is 75.2 Å². The van der Waals surface area contributed by atoms with Crippen molar-refractivity contribution in [3.8, 4) is 28.0 Å². The number of rotatable bonds is 1. The third-order valence-corrected chi connectivity index (χ3v) is 33.8. The van der Waals surface area contributed by atoms with Crippen LogP contribution in [0.15, 0.2) is 142 Å². The van der Waals surface area contributed by atoms with Gasteiger partial charge in [0.1, 0.15) is 17.0 Å². The fourth-order valence-corrected chi connectivity index (χ4v) is 31.4. The van der Waals surface area contributed by atoms with Crippen molar-refractivity contribution in [1.82, 2.24) is 0 Å². The Labute approximate surface area is 603 Å². The Balaban J connectivity index is 0.877. The molecule has 14 atom stereocenters. The molecular formula is C101H56O5. The molecule has 0 aromatic heterocycles. The van der Waals surface area contributed by atoms with Crippen molar-refractivity contribution < 1.29 is 24.9 Å². The number of ether oxygens (including phenoxy) is 1. The summed E-state index contributed by atoms with van der Waals surface area (Å²) in [4.78, 5) is 14.7. The smallest absolute Gasteiger partial charge is 0.336 e. The van der Waals surface area contributed by atoms with E-state index in [1.54, 1.807) is 50.1 Å². The maximum atomic E-state index is 15.3. The van der Waals surface area contributed by atoms with Crippen LogP contribution >= 0.6 is 0 Å². The topological polar surface area (TPSA) is 90.3 Å². The van der Waals surface area contributed by atoms with Gasteiger partial charge in [-0.2, -0.15) is 0 Å². The van der Waals surface area contributed by atoms with Crippen LogP contribution in [0.25, 0.3) is 166 Å². The number of epoxide rings is 1. The fourth-order valence-electron chi connectivity index (χ4n) is 31.4. The van der Waals surface area contributed by atoms with Crippen molar-refractivity contribution in [1.29, 1.82) is 0 Å². The quantitative estimate of drug-likeness (QED) is 0.0866. The van der Waals surface area contributed by atoms with Gasteiger partial charge < -0.3 is 20.1 Å². The number of hydrogen-bond acceptors (Lipinski definition) is 4. The number of hydrogen-bond donors (Lipinski definition) is 3. The third-order valence-electron chi connectivity index (χ3n) is 33.8. The predicted octanol–water partition coefficient (Wildman–Crippen LogP) is 18.0. The first-order chi connectivity index (χ1) is 52.0. The molecule has 490 valence electrons. The second-order valence-electron chi connectivity index (χ2n) is 36.8. The Morgan fingerprint density at radius 2 is 1.43 bits per heavy atom. The summed E-state index contributed by atoms with van der Waals surface area (Å²) < 4.78 is 8.86. The molecule has 0 amide bonds. The monoisotopic (exact) mass is 1350 g/mol. The molecule has 13 aromatic carbocycles. The van der Waals surface area contributed by atoms with Crippen molar-refractivity contribution in [3.63, 3.8) is 0 Å². The molecular weight excluding hydrogens is 1290 g/mol. The van der Waals surface area contributed by atoms with Gasteiger partial charge in [0.2, 0.25) is 0 Å². The van der Waals surface area contributed by atoms with E-state index in [4.69, 9.17) is 4.74 Å². The molecule has 2 spiro atoms. The summed E-state index contributed by atoms with van der Waals surface area (Å²) >= 11 is 0. The van der Waals surface area contributed by atoms with Gasteiger partial charge in [-0.05, 0) is 369 Å². The zero-order valence-electron chi connectivity index (χ0n) is 57.8. The average molecular weight is 1350 g/mol. The van der Waals surface area contributed by atoms with Crippen LogP contribution in [0.3, 0.4) is 0 Å². The number of fused-ring (bicyclic) bond motifs is 3. The molecule has 5 heteroatoms. The lowest BCUT2D eigenvalue weighted by molar-refractivity contribution is 0.0695. The Morgan fingerprint density at radius 3 is 2.34 bits per heavy atom. The average Bonchev–Trinajstić information content (AvgIpc) is 1.40. The summed E-state index contributed by atoms with van der Waals surface area (Å²) in [6.07, 6.45) is 23.0. The number of allylic oxidation sites excluding steroid dienone is 4. The molecule has 34 rings (SSSR count). The van der Waals surface area contributed by atoms with Gasteiger partial charge in [-0.25, -0.2) is 4.79 Å². The number of aliphatic hydroxyl groups excluding tert-OH is 1. The second kappa shape index (κ2) is 14.6. The molecule has 1 heterocycles. The maximum absolute atomic E-state index is 15.3. The molecule has 20 aliphatic carbocycles. The molecule has 14 unspecified atom stereocenters. The third kappa shape index (κ3) is 4.36. The number of carbonyl (C=O) groups is 1. The molecule has 0 radical (unpaired) electrons. The van der Waals surface area contributed by atoms with Crippen molar-refractivity contribution in [3.05, 3.63) is 269 Å². The number of aromatic hydroxyl groups is 1. The van der Waals surface area contributed by atoms with E-state index < -0.39 is 23.3 Å². The van der Waals surface area contributed by atoms with Gasteiger partial charge in [0.05, 0.1) is 11.7 Å². The molecule has 3 N–H and O–H groups in total. The first-order valence-electron chi connectivity index (χ1n) is 39.6. The minimum atomic E-state index is -0.911. The number of aryl methyl sites for hydroxylation is 3. The van der Waals surface area contributed by atoms with E-state index in [1.807, 2.05) is 0 Å². The van der Waals surface area contributed by atoms with Crippen LogP contribution in [-0.2, 0) is 29.6 Å². The highest BCUT2D eigenvalue weighted by Gasteiger charge is 2.87. The van der Waals surface area contributed by atoms with E-state index in [0.717, 1.165) is 85.8 Å². The van der Waals surface area contributed by atoms with E-state index in [-0.39, 0.29) is 70.8 Å². The fraction of sp³-hybridized carbons (Fsp3) is 0.218. The van der Waals surface area contributed by atoms with Crippen LogP contribution in [0.1, 0.15) is 166 Å². The predicted molar refractivity (Wildman–Crippen MR) is 418 cm³/mol. The summed E-state index contributed by atoms with van der Waals surface area (Å²) in [5, 5.41) is 69.7. The minimum absolute atomic E-state index is 0.00120. The number of carboxylic acid groups (broad SMARTS) is 1. The van der Waals surface area contributed by atoms with Gasteiger partial charge in [0.15, 0.2) is 0 Å². The van der Waals surface area contributed by atoms with Crippen LogP contribution in [0.4, 0.5) is 0 Å². The van der Waals surface area contributed by atoms with Gasteiger partial charge in [0.25, 0.3) is 0 Å². The number of aliphatic hydroxyl groups is 1. The Kier molecular flexibility index (Phi) is 7.07. The molecule has 1 fully saturated rings. The zero-order valence-corrected chi connectivity index (χ0v) is 57.8. The molecule has 1 aliphatic heterocycles. The summed E-state index contributed by atoms with van der Waals surface area (Å²) in [5.74, 6) is -1.38. The molecule has 10 bridgehead atoms. The van der Waals surface area contributed by atoms with Crippen molar-refractivity contribution in [2.75, 3.05) is 0 Å². The minimum Gasteiger partial charge on any atom is -0.507 e. The number of phenols is 1. The Bertz CT molecular complexity index is 8120. The summed E-state index contributed by atoms with van der Waals surface area (Å²) in [5.41, 5.74) is 42.8. The summed E-state index contributed by atoms with van der Waals surface area (Å²) in [6, 6.07) is 34.4. The van der Waals surface area contributed by atoms with Gasteiger partial charge in [-0.15, -0.1) is 0 Å². The normalized spacial score (nSPS) is 31.0. The van der Waals surface area contributed by atoms with E-state index in [9.17, 15) is 15.0 Å². The first-order valence-corrected chi connectivity index (χ1v) is 39.6. The van der Waals surface area contributed by atoms with E-state index >= 15 is 5.11 Å². The zero-order chi connectivity index (χ0) is 67.6. The highest BCUT2D eigenvalue weighted by molar-refractivity contribution is 6.33. The molecule has 21 aliphatic rings. The lowest BCUT2D eigenvalue weighted by atomic mass is 9.40. The van der Waals surface area contributed by atoms with Gasteiger partial charge >= 0.3 is 5.97 Å². The highest BCUT2D eigenvalue weighted by atomic mass is 16.6. The number of carboxylic acids is 1. The Morgan fingerprint density at radius 1 is 0.575 bits per heavy atom. The lowest BCUT2D eigenvalue weighted by Crippen LogP contribution is -2.57. The molecule has 5 nitrogen and oxygen atoms in total. The molecule has 13 aromatic rings. The lowest BCUT2D eigenvalue weighted by Gasteiger charge is -2.61. The van der Waals surface area contributed by atoms with Crippen LogP contribution < -0.4 is 20.9 Å². The molecule has 1 saturated heterocycles. The summed E-state index contributed by atoms with van der Waals surface area (Å²) in [7, 11) is 0.